The highest BCUT2D eigenvalue weighted by atomic mass is 79.9. The van der Waals surface area contributed by atoms with E-state index in [1.807, 2.05) is 11.3 Å². The first-order chi connectivity index (χ1) is 10.3. The zero-order valence-electron chi connectivity index (χ0n) is 13.8. The van der Waals surface area contributed by atoms with Gasteiger partial charge in [0.1, 0.15) is 0 Å². The van der Waals surface area contributed by atoms with Crippen LogP contribution >= 0.6 is 27.3 Å². The van der Waals surface area contributed by atoms with E-state index in [1.165, 1.54) is 72.9 Å². The zero-order valence-corrected chi connectivity index (χ0v) is 16.2. The van der Waals surface area contributed by atoms with Crippen LogP contribution in [0.3, 0.4) is 0 Å². The normalized spacial score (nSPS) is 12.7. The Labute approximate surface area is 144 Å². The van der Waals surface area contributed by atoms with Gasteiger partial charge in [-0.2, -0.15) is 0 Å². The lowest BCUT2D eigenvalue weighted by atomic mass is 10.0. The predicted octanol–water partition coefficient (Wildman–Crippen LogP) is 6.56. The van der Waals surface area contributed by atoms with Crippen LogP contribution in [0.25, 0.3) is 0 Å². The minimum Gasteiger partial charge on any atom is -0.314 e. The van der Waals surface area contributed by atoms with Crippen LogP contribution in [0.5, 0.6) is 0 Å². The Hall–Kier alpha value is 0.140. The SMILES string of the molecule is CCCCCCCCCC(Cc1ccc(Br)s1)NCCC. The predicted molar refractivity (Wildman–Crippen MR) is 100 cm³/mol. The summed E-state index contributed by atoms with van der Waals surface area (Å²) in [6.07, 6.45) is 13.5. The van der Waals surface area contributed by atoms with E-state index in [9.17, 15) is 0 Å². The molecule has 0 bridgehead atoms. The fraction of sp³-hybridized carbons (Fsp3) is 0.778. The fourth-order valence-corrected chi connectivity index (χ4v) is 4.24. The van der Waals surface area contributed by atoms with Crippen molar-refractivity contribution >= 4 is 27.3 Å². The quantitative estimate of drug-likeness (QED) is 0.385. The molecule has 0 aliphatic carbocycles. The summed E-state index contributed by atoms with van der Waals surface area (Å²) in [6, 6.07) is 5.09. The van der Waals surface area contributed by atoms with Gasteiger partial charge in [-0.3, -0.25) is 0 Å². The third kappa shape index (κ3) is 9.70. The van der Waals surface area contributed by atoms with Crippen molar-refractivity contribution in [2.24, 2.45) is 0 Å². The zero-order chi connectivity index (χ0) is 15.3. The molecule has 0 amide bonds. The molecule has 0 saturated carbocycles. The number of thiophene rings is 1. The molecule has 0 aliphatic rings. The summed E-state index contributed by atoms with van der Waals surface area (Å²) in [6.45, 7) is 5.68. The number of rotatable bonds is 13. The molecule has 0 aromatic carbocycles. The van der Waals surface area contributed by atoms with E-state index in [0.717, 1.165) is 6.54 Å². The number of nitrogens with one attached hydrogen (secondary N) is 1. The van der Waals surface area contributed by atoms with Gasteiger partial charge < -0.3 is 5.32 Å². The maximum atomic E-state index is 3.73. The Balaban J connectivity index is 2.20. The molecule has 1 heterocycles. The second-order valence-corrected chi connectivity index (χ2v) is 8.52. The number of halogens is 1. The van der Waals surface area contributed by atoms with Gasteiger partial charge in [-0.05, 0) is 53.9 Å². The molecule has 122 valence electrons. The monoisotopic (exact) mass is 373 g/mol. The highest BCUT2D eigenvalue weighted by Gasteiger charge is 2.10. The van der Waals surface area contributed by atoms with Crippen LogP contribution in [0.2, 0.25) is 0 Å². The molecular weight excluding hydrogens is 342 g/mol. The van der Waals surface area contributed by atoms with Crippen molar-refractivity contribution in [1.82, 2.24) is 5.32 Å². The first-order valence-electron chi connectivity index (χ1n) is 8.73. The molecule has 1 atom stereocenters. The largest absolute Gasteiger partial charge is 0.314 e. The summed E-state index contributed by atoms with van der Waals surface area (Å²) >= 11 is 5.45. The van der Waals surface area contributed by atoms with Crippen molar-refractivity contribution in [2.75, 3.05) is 6.54 Å². The lowest BCUT2D eigenvalue weighted by molar-refractivity contribution is 0.451. The van der Waals surface area contributed by atoms with Gasteiger partial charge in [0.15, 0.2) is 0 Å². The Morgan fingerprint density at radius 3 is 2.33 bits per heavy atom. The van der Waals surface area contributed by atoms with E-state index >= 15 is 0 Å². The van der Waals surface area contributed by atoms with E-state index < -0.39 is 0 Å². The molecule has 0 spiro atoms. The van der Waals surface area contributed by atoms with Crippen LogP contribution in [0.15, 0.2) is 15.9 Å². The molecule has 0 saturated heterocycles. The van der Waals surface area contributed by atoms with Gasteiger partial charge >= 0.3 is 0 Å². The number of hydrogen-bond acceptors (Lipinski definition) is 2. The molecule has 0 fully saturated rings. The molecule has 1 rings (SSSR count). The van der Waals surface area contributed by atoms with Crippen LogP contribution in [0, 0.1) is 0 Å². The van der Waals surface area contributed by atoms with Gasteiger partial charge in [-0.15, -0.1) is 11.3 Å². The van der Waals surface area contributed by atoms with Gasteiger partial charge in [0.05, 0.1) is 3.79 Å². The van der Waals surface area contributed by atoms with E-state index in [1.54, 1.807) is 0 Å². The second kappa shape index (κ2) is 12.7. The standard InChI is InChI=1S/C18H32BrNS/c1-3-5-6-7-8-9-10-11-16(20-14-4-2)15-17-12-13-18(19)21-17/h12-13,16,20H,3-11,14-15H2,1-2H3. The summed E-state index contributed by atoms with van der Waals surface area (Å²) in [7, 11) is 0. The smallest absolute Gasteiger partial charge is 0.0701 e. The van der Waals surface area contributed by atoms with Crippen molar-refractivity contribution < 1.29 is 0 Å². The van der Waals surface area contributed by atoms with Crippen molar-refractivity contribution in [3.63, 3.8) is 0 Å². The number of hydrogen-bond donors (Lipinski definition) is 1. The molecule has 1 N–H and O–H groups in total. The van der Waals surface area contributed by atoms with Gasteiger partial charge in [0.25, 0.3) is 0 Å². The maximum Gasteiger partial charge on any atom is 0.0701 e. The topological polar surface area (TPSA) is 12.0 Å². The van der Waals surface area contributed by atoms with Crippen LogP contribution in [-0.2, 0) is 6.42 Å². The van der Waals surface area contributed by atoms with E-state index in [2.05, 4.69) is 47.2 Å². The molecular formula is C18H32BrNS. The van der Waals surface area contributed by atoms with E-state index in [4.69, 9.17) is 0 Å². The minimum atomic E-state index is 0.658. The lowest BCUT2D eigenvalue weighted by Crippen LogP contribution is -2.31. The third-order valence-corrected chi connectivity index (χ3v) is 5.56. The highest BCUT2D eigenvalue weighted by Crippen LogP contribution is 2.24. The Kier molecular flexibility index (Phi) is 11.6. The van der Waals surface area contributed by atoms with Crippen molar-refractivity contribution in [3.05, 3.63) is 20.8 Å². The van der Waals surface area contributed by atoms with Crippen LogP contribution in [0.4, 0.5) is 0 Å². The Morgan fingerprint density at radius 2 is 1.71 bits per heavy atom. The molecule has 1 nitrogen and oxygen atoms in total. The fourth-order valence-electron chi connectivity index (χ4n) is 2.68. The summed E-state index contributed by atoms with van der Waals surface area (Å²) in [5.74, 6) is 0. The molecule has 0 aliphatic heterocycles. The first-order valence-corrected chi connectivity index (χ1v) is 10.3. The molecule has 21 heavy (non-hydrogen) atoms. The average molecular weight is 374 g/mol. The molecule has 1 aromatic heterocycles. The maximum absolute atomic E-state index is 3.73. The summed E-state index contributed by atoms with van der Waals surface area (Å²) in [5.41, 5.74) is 0. The molecule has 3 heteroatoms. The highest BCUT2D eigenvalue weighted by molar-refractivity contribution is 9.11. The van der Waals surface area contributed by atoms with E-state index in [-0.39, 0.29) is 0 Å². The third-order valence-electron chi connectivity index (χ3n) is 3.92. The van der Waals surface area contributed by atoms with Gasteiger partial charge in [-0.25, -0.2) is 0 Å². The summed E-state index contributed by atoms with van der Waals surface area (Å²) in [5, 5.41) is 3.73. The average Bonchev–Trinajstić information content (AvgIpc) is 2.88. The van der Waals surface area contributed by atoms with Crippen LogP contribution in [0.1, 0.15) is 76.5 Å². The van der Waals surface area contributed by atoms with Gasteiger partial charge in [0, 0.05) is 10.9 Å². The summed E-state index contributed by atoms with van der Waals surface area (Å²) < 4.78 is 1.25. The molecule has 0 radical (unpaired) electrons. The van der Waals surface area contributed by atoms with Crippen LogP contribution < -0.4 is 5.32 Å². The number of unbranched alkanes of at least 4 members (excludes halogenated alkanes) is 6. The Morgan fingerprint density at radius 1 is 1.00 bits per heavy atom. The molecule has 1 aromatic rings. The van der Waals surface area contributed by atoms with E-state index in [0.29, 0.717) is 6.04 Å². The lowest BCUT2D eigenvalue weighted by Gasteiger charge is -2.17. The Bertz CT molecular complexity index is 351. The minimum absolute atomic E-state index is 0.658. The van der Waals surface area contributed by atoms with Gasteiger partial charge in [-0.1, -0.05) is 58.8 Å². The van der Waals surface area contributed by atoms with Crippen molar-refractivity contribution in [2.45, 2.75) is 84.1 Å². The van der Waals surface area contributed by atoms with Crippen molar-refractivity contribution in [3.8, 4) is 0 Å². The second-order valence-electron chi connectivity index (χ2n) is 5.97. The summed E-state index contributed by atoms with van der Waals surface area (Å²) in [4.78, 5) is 1.50. The van der Waals surface area contributed by atoms with Crippen LogP contribution in [-0.4, -0.2) is 12.6 Å². The first kappa shape index (κ1) is 19.2. The van der Waals surface area contributed by atoms with Gasteiger partial charge in [0.2, 0.25) is 0 Å². The van der Waals surface area contributed by atoms with Crippen molar-refractivity contribution in [1.29, 1.82) is 0 Å². The molecule has 1 unspecified atom stereocenters.